The molecule has 0 aliphatic heterocycles. The molecule has 0 aliphatic carbocycles. The van der Waals surface area contributed by atoms with E-state index in [0.717, 1.165) is 12.3 Å². The highest BCUT2D eigenvalue weighted by Crippen LogP contribution is 1.94. The first-order valence-electron chi connectivity index (χ1n) is 4.41. The van der Waals surface area contributed by atoms with E-state index in [1.807, 2.05) is 39.0 Å². The first-order chi connectivity index (χ1) is 5.93. The summed E-state index contributed by atoms with van der Waals surface area (Å²) in [5.74, 6) is 0. The summed E-state index contributed by atoms with van der Waals surface area (Å²) < 4.78 is 5.16. The predicted octanol–water partition coefficient (Wildman–Crippen LogP) is 2.64. The Morgan fingerprint density at radius 1 is 1.33 bits per heavy atom. The maximum absolute atomic E-state index is 5.16. The van der Waals surface area contributed by atoms with Crippen molar-refractivity contribution in [3.05, 3.63) is 30.1 Å². The van der Waals surface area contributed by atoms with Crippen LogP contribution in [-0.4, -0.2) is 11.6 Å². The van der Waals surface area contributed by atoms with Crippen molar-refractivity contribution in [2.24, 2.45) is 0 Å². The molecule has 0 saturated heterocycles. The highest BCUT2D eigenvalue weighted by Gasteiger charge is 1.88. The van der Waals surface area contributed by atoms with Crippen molar-refractivity contribution < 1.29 is 4.74 Å². The van der Waals surface area contributed by atoms with Crippen LogP contribution in [-0.2, 0) is 11.3 Å². The molecule has 1 aromatic heterocycles. The first-order valence-corrected chi connectivity index (χ1v) is 4.41. The van der Waals surface area contributed by atoms with E-state index in [0.29, 0.717) is 6.61 Å². The topological polar surface area (TPSA) is 22.1 Å². The van der Waals surface area contributed by atoms with E-state index in [1.165, 1.54) is 0 Å². The summed E-state index contributed by atoms with van der Waals surface area (Å²) in [7, 11) is 0. The van der Waals surface area contributed by atoms with Gasteiger partial charge in [-0.3, -0.25) is 4.98 Å². The number of hydrogen-bond donors (Lipinski definition) is 0. The summed E-state index contributed by atoms with van der Waals surface area (Å²) in [6, 6.07) is 5.81. The molecule has 0 aromatic carbocycles. The zero-order chi connectivity index (χ0) is 9.23. The molecule has 0 bridgehead atoms. The van der Waals surface area contributed by atoms with Gasteiger partial charge in [0, 0.05) is 12.8 Å². The van der Waals surface area contributed by atoms with Gasteiger partial charge in [0.1, 0.15) is 0 Å². The van der Waals surface area contributed by atoms with Crippen LogP contribution in [0, 0.1) is 0 Å². The van der Waals surface area contributed by atoms with Crippen LogP contribution in [0.4, 0.5) is 0 Å². The molecule has 0 aliphatic rings. The number of nitrogens with zero attached hydrogens (tertiary/aromatic N) is 1. The van der Waals surface area contributed by atoms with E-state index in [9.17, 15) is 0 Å². The lowest BCUT2D eigenvalue weighted by Gasteiger charge is -1.97. The molecular weight excluding hydrogens is 150 g/mol. The van der Waals surface area contributed by atoms with Crippen LogP contribution in [0.5, 0.6) is 0 Å². The summed E-state index contributed by atoms with van der Waals surface area (Å²) in [6.07, 6.45) is 1.77. The largest absolute Gasteiger partial charge is 0.375 e. The molecule has 1 heterocycles. The lowest BCUT2D eigenvalue weighted by molar-refractivity contribution is 0.131. The van der Waals surface area contributed by atoms with Crippen LogP contribution in [0.2, 0.25) is 0 Å². The normalized spacial score (nSPS) is 8.58. The third kappa shape index (κ3) is 4.85. The standard InChI is InChI=1S/C8H11NO.C2H6/c1-2-10-7-8-5-3-4-6-9-8;1-2/h3-6H,2,7H2,1H3;1-2H3. The van der Waals surface area contributed by atoms with Crippen LogP contribution in [0.15, 0.2) is 24.4 Å². The molecule has 0 radical (unpaired) electrons. The summed E-state index contributed by atoms with van der Waals surface area (Å²) in [5, 5.41) is 0. The molecule has 0 saturated carbocycles. The van der Waals surface area contributed by atoms with Crippen LogP contribution in [0.25, 0.3) is 0 Å². The van der Waals surface area contributed by atoms with Gasteiger partial charge in [-0.1, -0.05) is 19.9 Å². The van der Waals surface area contributed by atoms with Gasteiger partial charge in [-0.25, -0.2) is 0 Å². The maximum atomic E-state index is 5.16. The average molecular weight is 167 g/mol. The van der Waals surface area contributed by atoms with Crippen LogP contribution in [0.1, 0.15) is 26.5 Å². The molecule has 0 fully saturated rings. The SMILES string of the molecule is CC.CCOCc1ccccn1. The van der Waals surface area contributed by atoms with Crippen molar-refractivity contribution in [3.8, 4) is 0 Å². The van der Waals surface area contributed by atoms with Gasteiger partial charge >= 0.3 is 0 Å². The van der Waals surface area contributed by atoms with E-state index in [-0.39, 0.29) is 0 Å². The van der Waals surface area contributed by atoms with Gasteiger partial charge < -0.3 is 4.74 Å². The van der Waals surface area contributed by atoms with Gasteiger partial charge in [-0.15, -0.1) is 0 Å². The zero-order valence-electron chi connectivity index (χ0n) is 8.08. The fourth-order valence-electron chi connectivity index (χ4n) is 0.690. The van der Waals surface area contributed by atoms with Crippen molar-refractivity contribution >= 4 is 0 Å². The van der Waals surface area contributed by atoms with E-state index in [1.54, 1.807) is 6.20 Å². The van der Waals surface area contributed by atoms with Gasteiger partial charge in [0.25, 0.3) is 0 Å². The fourth-order valence-corrected chi connectivity index (χ4v) is 0.690. The lowest BCUT2D eigenvalue weighted by atomic mass is 10.4. The monoisotopic (exact) mass is 167 g/mol. The highest BCUT2D eigenvalue weighted by atomic mass is 16.5. The Morgan fingerprint density at radius 2 is 2.08 bits per heavy atom. The van der Waals surface area contributed by atoms with Gasteiger partial charge in [0.15, 0.2) is 0 Å². The number of aromatic nitrogens is 1. The molecule has 0 spiro atoms. The number of rotatable bonds is 3. The van der Waals surface area contributed by atoms with E-state index >= 15 is 0 Å². The molecule has 0 amide bonds. The van der Waals surface area contributed by atoms with Gasteiger partial charge in [0.2, 0.25) is 0 Å². The Kier molecular flexibility index (Phi) is 7.60. The second-order valence-corrected chi connectivity index (χ2v) is 1.96. The Balaban J connectivity index is 0.000000561. The van der Waals surface area contributed by atoms with Crippen LogP contribution < -0.4 is 0 Å². The third-order valence-electron chi connectivity index (χ3n) is 1.18. The van der Waals surface area contributed by atoms with Crippen molar-refractivity contribution in [3.63, 3.8) is 0 Å². The molecule has 1 aromatic rings. The van der Waals surface area contributed by atoms with E-state index in [2.05, 4.69) is 4.98 Å². The van der Waals surface area contributed by atoms with Crippen molar-refractivity contribution in [1.82, 2.24) is 4.98 Å². The summed E-state index contributed by atoms with van der Waals surface area (Å²) >= 11 is 0. The molecular formula is C10H17NO. The summed E-state index contributed by atoms with van der Waals surface area (Å²) in [4.78, 5) is 4.09. The Hall–Kier alpha value is -0.890. The molecule has 0 unspecified atom stereocenters. The number of ether oxygens (including phenoxy) is 1. The molecule has 2 nitrogen and oxygen atoms in total. The maximum Gasteiger partial charge on any atom is 0.0887 e. The average Bonchev–Trinajstić information content (AvgIpc) is 2.19. The highest BCUT2D eigenvalue weighted by molar-refractivity contribution is 5.01. The van der Waals surface area contributed by atoms with Gasteiger partial charge in [-0.05, 0) is 19.1 Å². The molecule has 12 heavy (non-hydrogen) atoms. The second kappa shape index (κ2) is 8.21. The minimum absolute atomic E-state index is 0.622. The van der Waals surface area contributed by atoms with Crippen LogP contribution >= 0.6 is 0 Å². The second-order valence-electron chi connectivity index (χ2n) is 1.96. The third-order valence-corrected chi connectivity index (χ3v) is 1.18. The first kappa shape index (κ1) is 11.1. The number of hydrogen-bond acceptors (Lipinski definition) is 2. The quantitative estimate of drug-likeness (QED) is 0.690. The Bertz CT molecular complexity index is 174. The molecule has 68 valence electrons. The summed E-state index contributed by atoms with van der Waals surface area (Å²) in [6.45, 7) is 7.34. The minimum atomic E-state index is 0.622. The van der Waals surface area contributed by atoms with Gasteiger partial charge in [-0.2, -0.15) is 0 Å². The summed E-state index contributed by atoms with van der Waals surface area (Å²) in [5.41, 5.74) is 0.990. The van der Waals surface area contributed by atoms with E-state index < -0.39 is 0 Å². The lowest BCUT2D eigenvalue weighted by Crippen LogP contribution is -1.93. The molecule has 0 atom stereocenters. The van der Waals surface area contributed by atoms with Crippen molar-refractivity contribution in [1.29, 1.82) is 0 Å². The van der Waals surface area contributed by atoms with Crippen LogP contribution in [0.3, 0.4) is 0 Å². The molecule has 1 rings (SSSR count). The number of pyridine rings is 1. The molecule has 2 heteroatoms. The zero-order valence-corrected chi connectivity index (χ0v) is 8.08. The fraction of sp³-hybridized carbons (Fsp3) is 0.500. The van der Waals surface area contributed by atoms with Crippen molar-refractivity contribution in [2.45, 2.75) is 27.4 Å². The Labute approximate surface area is 74.6 Å². The minimum Gasteiger partial charge on any atom is -0.375 e. The van der Waals surface area contributed by atoms with Crippen molar-refractivity contribution in [2.75, 3.05) is 6.61 Å². The molecule has 0 N–H and O–H groups in total. The smallest absolute Gasteiger partial charge is 0.0887 e. The van der Waals surface area contributed by atoms with Gasteiger partial charge in [0.05, 0.1) is 12.3 Å². The van der Waals surface area contributed by atoms with E-state index in [4.69, 9.17) is 4.74 Å². The Morgan fingerprint density at radius 3 is 2.58 bits per heavy atom. The predicted molar refractivity (Wildman–Crippen MR) is 50.9 cm³/mol.